The van der Waals surface area contributed by atoms with Crippen LogP contribution in [0.5, 0.6) is 0 Å². The Labute approximate surface area is 198 Å². The molecule has 186 valence electrons. The van der Waals surface area contributed by atoms with E-state index in [1.165, 1.54) is 0 Å². The molecule has 4 atom stereocenters. The number of nitrogens with two attached hydrogens (primary N) is 1. The zero-order chi connectivity index (χ0) is 24.5. The van der Waals surface area contributed by atoms with E-state index >= 15 is 4.39 Å². The smallest absolute Gasteiger partial charge is 0.145 e. The maximum Gasteiger partial charge on any atom is 0.145 e. The van der Waals surface area contributed by atoms with E-state index in [-0.39, 0.29) is 24.1 Å². The molecule has 4 heterocycles. The largest absolute Gasteiger partial charge is 0.366 e. The third kappa shape index (κ3) is 6.31. The molecule has 33 heavy (non-hydrogen) atoms. The molecule has 1 aromatic rings. The second-order valence-corrected chi connectivity index (χ2v) is 8.83. The summed E-state index contributed by atoms with van der Waals surface area (Å²) in [5.41, 5.74) is 11.3. The van der Waals surface area contributed by atoms with Crippen molar-refractivity contribution in [2.75, 3.05) is 32.7 Å². The van der Waals surface area contributed by atoms with Crippen molar-refractivity contribution in [3.05, 3.63) is 47.6 Å². The van der Waals surface area contributed by atoms with Crippen molar-refractivity contribution >= 4 is 5.82 Å². The van der Waals surface area contributed by atoms with Crippen molar-refractivity contribution in [2.45, 2.75) is 65.2 Å². The summed E-state index contributed by atoms with van der Waals surface area (Å²) in [6.45, 7) is 10.3. The number of anilines is 1. The number of fused-ring (bicyclic) bond motifs is 1. The van der Waals surface area contributed by atoms with Crippen molar-refractivity contribution in [2.24, 2.45) is 17.6 Å². The monoisotopic (exact) mass is 464 g/mol. The van der Waals surface area contributed by atoms with Crippen molar-refractivity contribution in [3.63, 3.8) is 0 Å². The molecule has 1 saturated heterocycles. The molecular weight excluding hydrogens is 422 g/mol. The summed E-state index contributed by atoms with van der Waals surface area (Å²) in [5, 5.41) is 5.46. The standard InChI is InChI=1S/C22H33FN6.C2H6.CH3F/c1-14(2)19(24)15-7-6-12-29(13-15)18-10-4-9-17(23)20(26-18)21-16-8-5-11-25-22(16)27-28(21)3;2*1-2/h4-5,8,10-11,14-15,18-19,21,26H,6-7,9,12-13,24H2,1-3H3,(H,25,27);1-2H3;1H3. The Kier molecular flexibility index (Phi) is 10.7. The fourth-order valence-corrected chi connectivity index (χ4v) is 4.81. The number of rotatable bonds is 4. The highest BCUT2D eigenvalue weighted by Crippen LogP contribution is 2.39. The van der Waals surface area contributed by atoms with E-state index < -0.39 is 0 Å². The van der Waals surface area contributed by atoms with Gasteiger partial charge in [-0.05, 0) is 30.7 Å². The molecule has 4 rings (SSSR count). The lowest BCUT2D eigenvalue weighted by molar-refractivity contribution is 0.108. The van der Waals surface area contributed by atoms with Crippen molar-refractivity contribution in [3.8, 4) is 0 Å². The van der Waals surface area contributed by atoms with Crippen LogP contribution in [0.4, 0.5) is 14.6 Å². The van der Waals surface area contributed by atoms with Crippen LogP contribution in [0.15, 0.2) is 42.0 Å². The van der Waals surface area contributed by atoms with Gasteiger partial charge in [0.05, 0.1) is 25.1 Å². The number of likely N-dealkylation sites (N-methyl/N-ethyl adjacent to an activating group) is 1. The molecule has 0 saturated carbocycles. The van der Waals surface area contributed by atoms with Crippen molar-refractivity contribution < 1.29 is 8.78 Å². The molecule has 3 aliphatic rings. The predicted molar refractivity (Wildman–Crippen MR) is 133 cm³/mol. The molecule has 0 bridgehead atoms. The summed E-state index contributed by atoms with van der Waals surface area (Å²) >= 11 is 0. The normalized spacial score (nSPS) is 26.2. The van der Waals surface area contributed by atoms with Crippen LogP contribution in [0.1, 0.15) is 58.6 Å². The molecule has 3 aliphatic heterocycles. The first-order chi connectivity index (χ1) is 16.0. The zero-order valence-electron chi connectivity index (χ0n) is 21.0. The first-order valence-corrected chi connectivity index (χ1v) is 12.1. The Balaban J connectivity index is 0.000000914. The summed E-state index contributed by atoms with van der Waals surface area (Å²) in [4.78, 5) is 6.81. The highest BCUT2D eigenvalue weighted by atomic mass is 19.1. The van der Waals surface area contributed by atoms with Gasteiger partial charge in [0, 0.05) is 44.4 Å². The lowest BCUT2D eigenvalue weighted by Gasteiger charge is -2.41. The van der Waals surface area contributed by atoms with Crippen LogP contribution in [-0.4, -0.2) is 54.4 Å². The number of hydrogen-bond donors (Lipinski definition) is 3. The molecule has 0 aliphatic carbocycles. The maximum atomic E-state index is 15.1. The van der Waals surface area contributed by atoms with Crippen LogP contribution in [0.25, 0.3) is 0 Å². The molecule has 4 N–H and O–H groups in total. The quantitative estimate of drug-likeness (QED) is 0.558. The van der Waals surface area contributed by atoms with Gasteiger partial charge in [-0.1, -0.05) is 45.9 Å². The number of nitrogens with zero attached hydrogens (tertiary/aromatic N) is 3. The third-order valence-electron chi connectivity index (χ3n) is 6.48. The molecule has 0 radical (unpaired) electrons. The molecule has 0 amide bonds. The fourth-order valence-electron chi connectivity index (χ4n) is 4.81. The molecule has 0 aromatic carbocycles. The summed E-state index contributed by atoms with van der Waals surface area (Å²) in [6.07, 6.45) is 8.36. The highest BCUT2D eigenvalue weighted by molar-refractivity contribution is 5.53. The van der Waals surface area contributed by atoms with E-state index in [1.807, 2.05) is 44.1 Å². The topological polar surface area (TPSA) is 69.5 Å². The Hall–Kier alpha value is -2.03. The molecule has 6 nitrogen and oxygen atoms in total. The Morgan fingerprint density at radius 2 is 1.97 bits per heavy atom. The Bertz CT molecular complexity index is 797. The van der Waals surface area contributed by atoms with Gasteiger partial charge >= 0.3 is 0 Å². The SMILES string of the molecule is CC.CC(C)C(N)C1CCCN(C2C=CCC(F)=C(C3c4cccnc4NN3C)N2)C1.CF. The molecule has 0 spiro atoms. The highest BCUT2D eigenvalue weighted by Gasteiger charge is 2.36. The van der Waals surface area contributed by atoms with Gasteiger partial charge in [0.15, 0.2) is 0 Å². The predicted octanol–water partition coefficient (Wildman–Crippen LogP) is 4.76. The molecule has 8 heteroatoms. The van der Waals surface area contributed by atoms with E-state index in [1.54, 1.807) is 6.20 Å². The van der Waals surface area contributed by atoms with E-state index in [0.29, 0.717) is 31.1 Å². The van der Waals surface area contributed by atoms with Crippen LogP contribution in [0.3, 0.4) is 0 Å². The number of piperidine rings is 1. The lowest BCUT2D eigenvalue weighted by atomic mass is 9.85. The molecule has 1 aromatic heterocycles. The number of allylic oxidation sites excluding steroid dienone is 2. The van der Waals surface area contributed by atoms with Crippen LogP contribution in [-0.2, 0) is 0 Å². The molecule has 1 fully saturated rings. The van der Waals surface area contributed by atoms with Crippen molar-refractivity contribution in [1.82, 2.24) is 20.2 Å². The second kappa shape index (κ2) is 13.0. The van der Waals surface area contributed by atoms with Gasteiger partial charge in [-0.25, -0.2) is 14.4 Å². The zero-order valence-corrected chi connectivity index (χ0v) is 21.0. The van der Waals surface area contributed by atoms with E-state index in [9.17, 15) is 4.39 Å². The minimum atomic E-state index is -0.223. The average Bonchev–Trinajstić information content (AvgIpc) is 3.06. The average molecular weight is 465 g/mol. The van der Waals surface area contributed by atoms with Gasteiger partial charge in [-0.2, -0.15) is 0 Å². The minimum absolute atomic E-state index is 0.0328. The van der Waals surface area contributed by atoms with Gasteiger partial charge in [0.25, 0.3) is 0 Å². The summed E-state index contributed by atoms with van der Waals surface area (Å²) in [7, 11) is 2.43. The third-order valence-corrected chi connectivity index (χ3v) is 6.48. The Morgan fingerprint density at radius 3 is 2.67 bits per heavy atom. The van der Waals surface area contributed by atoms with Gasteiger partial charge < -0.3 is 16.5 Å². The number of hydrogen-bond acceptors (Lipinski definition) is 6. The van der Waals surface area contributed by atoms with Gasteiger partial charge in [-0.3, -0.25) is 9.29 Å². The van der Waals surface area contributed by atoms with Crippen molar-refractivity contribution in [1.29, 1.82) is 0 Å². The number of alkyl halides is 1. The van der Waals surface area contributed by atoms with E-state index in [2.05, 4.69) is 40.5 Å². The fraction of sp³-hybridized carbons (Fsp3) is 0.640. The summed E-state index contributed by atoms with van der Waals surface area (Å²) < 4.78 is 24.6. The van der Waals surface area contributed by atoms with Gasteiger partial charge in [-0.15, -0.1) is 0 Å². The Morgan fingerprint density at radius 1 is 1.24 bits per heavy atom. The second-order valence-electron chi connectivity index (χ2n) is 8.83. The number of pyridine rings is 1. The maximum absolute atomic E-state index is 15.1. The number of hydrazine groups is 1. The van der Waals surface area contributed by atoms with Crippen LogP contribution < -0.4 is 16.5 Å². The number of aromatic nitrogens is 1. The van der Waals surface area contributed by atoms with E-state index in [0.717, 1.165) is 37.3 Å². The van der Waals surface area contributed by atoms with Gasteiger partial charge in [0.2, 0.25) is 0 Å². The lowest BCUT2D eigenvalue weighted by Crippen LogP contribution is -2.53. The number of halogens is 2. The minimum Gasteiger partial charge on any atom is -0.366 e. The summed E-state index contributed by atoms with van der Waals surface area (Å²) in [5.74, 6) is 1.61. The summed E-state index contributed by atoms with van der Waals surface area (Å²) in [6, 6.07) is 3.89. The molecular formula is C25H42F2N6. The number of likely N-dealkylation sites (tertiary alicyclic amines) is 1. The number of nitrogens with one attached hydrogen (secondary N) is 2. The van der Waals surface area contributed by atoms with Gasteiger partial charge in [0.1, 0.15) is 11.6 Å². The van der Waals surface area contributed by atoms with E-state index in [4.69, 9.17) is 5.73 Å². The first kappa shape index (κ1) is 27.2. The first-order valence-electron chi connectivity index (χ1n) is 12.1. The molecule has 4 unspecified atom stereocenters. The van der Waals surface area contributed by atoms with Crippen LogP contribution >= 0.6 is 0 Å². The van der Waals surface area contributed by atoms with Crippen LogP contribution in [0.2, 0.25) is 0 Å². The van der Waals surface area contributed by atoms with Crippen LogP contribution in [0, 0.1) is 11.8 Å².